The molecule has 78 valence electrons. The van der Waals surface area contributed by atoms with E-state index in [0.29, 0.717) is 18.1 Å². The Bertz CT molecular complexity index is 502. The maximum atomic E-state index is 8.67. The smallest absolute Gasteiger partial charge is 0.161 e. The SMILES string of the molecule is N#Cc1cncc(NCc2ccccc2)n1. The molecule has 0 bridgehead atoms. The first-order chi connectivity index (χ1) is 7.88. The molecule has 0 fully saturated rings. The Morgan fingerprint density at radius 3 is 2.75 bits per heavy atom. The Hall–Kier alpha value is -2.41. The van der Waals surface area contributed by atoms with Crippen LogP contribution in [0.2, 0.25) is 0 Å². The second kappa shape index (κ2) is 4.89. The molecular weight excluding hydrogens is 200 g/mol. The highest BCUT2D eigenvalue weighted by Gasteiger charge is 1.97. The molecule has 0 amide bonds. The van der Waals surface area contributed by atoms with E-state index in [1.165, 1.54) is 6.20 Å². The highest BCUT2D eigenvalue weighted by Crippen LogP contribution is 2.05. The van der Waals surface area contributed by atoms with Crippen molar-refractivity contribution in [2.75, 3.05) is 5.32 Å². The number of nitrogens with zero attached hydrogens (tertiary/aromatic N) is 3. The Morgan fingerprint density at radius 1 is 1.19 bits per heavy atom. The van der Waals surface area contributed by atoms with E-state index in [0.717, 1.165) is 5.56 Å². The van der Waals surface area contributed by atoms with Crippen LogP contribution in [0, 0.1) is 11.3 Å². The van der Waals surface area contributed by atoms with Crippen LogP contribution in [0.4, 0.5) is 5.82 Å². The topological polar surface area (TPSA) is 61.6 Å². The normalized spacial score (nSPS) is 9.44. The zero-order chi connectivity index (χ0) is 11.2. The van der Waals surface area contributed by atoms with Crippen molar-refractivity contribution in [3.8, 4) is 6.07 Å². The van der Waals surface area contributed by atoms with Crippen LogP contribution in [-0.4, -0.2) is 9.97 Å². The Balaban J connectivity index is 2.03. The molecule has 2 aromatic rings. The van der Waals surface area contributed by atoms with Crippen molar-refractivity contribution in [1.29, 1.82) is 5.26 Å². The molecule has 1 heterocycles. The van der Waals surface area contributed by atoms with Crippen LogP contribution >= 0.6 is 0 Å². The van der Waals surface area contributed by atoms with Gasteiger partial charge >= 0.3 is 0 Å². The van der Waals surface area contributed by atoms with E-state index in [-0.39, 0.29) is 0 Å². The van der Waals surface area contributed by atoms with Gasteiger partial charge in [0.15, 0.2) is 5.69 Å². The average Bonchev–Trinajstić information content (AvgIpc) is 2.38. The summed E-state index contributed by atoms with van der Waals surface area (Å²) in [5, 5.41) is 11.8. The van der Waals surface area contributed by atoms with Crippen molar-refractivity contribution < 1.29 is 0 Å². The minimum Gasteiger partial charge on any atom is -0.365 e. The number of nitrogens with one attached hydrogen (secondary N) is 1. The van der Waals surface area contributed by atoms with E-state index in [4.69, 9.17) is 5.26 Å². The van der Waals surface area contributed by atoms with Gasteiger partial charge in [0.1, 0.15) is 11.9 Å². The molecule has 4 heteroatoms. The highest BCUT2D eigenvalue weighted by molar-refractivity contribution is 5.35. The van der Waals surface area contributed by atoms with Gasteiger partial charge in [-0.1, -0.05) is 30.3 Å². The van der Waals surface area contributed by atoms with Crippen molar-refractivity contribution in [2.45, 2.75) is 6.54 Å². The van der Waals surface area contributed by atoms with Gasteiger partial charge in [0, 0.05) is 6.54 Å². The van der Waals surface area contributed by atoms with Crippen molar-refractivity contribution in [3.63, 3.8) is 0 Å². The number of nitriles is 1. The monoisotopic (exact) mass is 210 g/mol. The first-order valence-corrected chi connectivity index (χ1v) is 4.88. The van der Waals surface area contributed by atoms with Gasteiger partial charge in [-0.25, -0.2) is 4.98 Å². The van der Waals surface area contributed by atoms with E-state index in [1.807, 2.05) is 36.4 Å². The van der Waals surface area contributed by atoms with Crippen LogP contribution in [0.1, 0.15) is 11.3 Å². The van der Waals surface area contributed by atoms with E-state index in [9.17, 15) is 0 Å². The lowest BCUT2D eigenvalue weighted by atomic mass is 10.2. The lowest BCUT2D eigenvalue weighted by Gasteiger charge is -2.04. The van der Waals surface area contributed by atoms with Crippen LogP contribution < -0.4 is 5.32 Å². The quantitative estimate of drug-likeness (QED) is 0.841. The summed E-state index contributed by atoms with van der Waals surface area (Å²) in [5.41, 5.74) is 1.48. The standard InChI is InChI=1S/C12H10N4/c13-6-11-8-14-9-12(16-11)15-7-10-4-2-1-3-5-10/h1-5,8-9H,7H2,(H,15,16). The van der Waals surface area contributed by atoms with Gasteiger partial charge in [0.25, 0.3) is 0 Å². The van der Waals surface area contributed by atoms with Gasteiger partial charge in [0.2, 0.25) is 0 Å². The molecule has 0 aliphatic carbocycles. The molecular formula is C12H10N4. The first kappa shape index (κ1) is 10.1. The van der Waals surface area contributed by atoms with Crippen LogP contribution in [0.25, 0.3) is 0 Å². The fraction of sp³-hybridized carbons (Fsp3) is 0.0833. The zero-order valence-corrected chi connectivity index (χ0v) is 8.59. The molecule has 4 nitrogen and oxygen atoms in total. The molecule has 1 aromatic carbocycles. The molecule has 0 spiro atoms. The predicted octanol–water partition coefficient (Wildman–Crippen LogP) is 1.96. The number of hydrogen-bond donors (Lipinski definition) is 1. The summed E-state index contributed by atoms with van der Waals surface area (Å²) in [4.78, 5) is 7.99. The number of benzene rings is 1. The molecule has 0 aliphatic heterocycles. The fourth-order valence-corrected chi connectivity index (χ4v) is 1.29. The van der Waals surface area contributed by atoms with Gasteiger partial charge in [-0.3, -0.25) is 4.98 Å². The number of aromatic nitrogens is 2. The van der Waals surface area contributed by atoms with Gasteiger partial charge < -0.3 is 5.32 Å². The van der Waals surface area contributed by atoms with Crippen LogP contribution in [-0.2, 0) is 6.54 Å². The van der Waals surface area contributed by atoms with E-state index >= 15 is 0 Å². The van der Waals surface area contributed by atoms with Crippen LogP contribution in [0.3, 0.4) is 0 Å². The lowest BCUT2D eigenvalue weighted by molar-refractivity contribution is 1.07. The molecule has 1 N–H and O–H groups in total. The van der Waals surface area contributed by atoms with Crippen molar-refractivity contribution in [1.82, 2.24) is 9.97 Å². The predicted molar refractivity (Wildman–Crippen MR) is 60.5 cm³/mol. The minimum atomic E-state index is 0.318. The first-order valence-electron chi connectivity index (χ1n) is 4.88. The summed E-state index contributed by atoms with van der Waals surface area (Å²) < 4.78 is 0. The van der Waals surface area contributed by atoms with Crippen molar-refractivity contribution in [3.05, 3.63) is 54.0 Å². The molecule has 0 radical (unpaired) electrons. The van der Waals surface area contributed by atoms with E-state index < -0.39 is 0 Å². The number of rotatable bonds is 3. The van der Waals surface area contributed by atoms with Gasteiger partial charge in [-0.05, 0) is 5.56 Å². The lowest BCUT2D eigenvalue weighted by Crippen LogP contribution is -2.02. The largest absolute Gasteiger partial charge is 0.365 e. The summed E-state index contributed by atoms with van der Waals surface area (Å²) in [6.45, 7) is 0.671. The van der Waals surface area contributed by atoms with E-state index in [1.54, 1.807) is 6.20 Å². The molecule has 0 saturated carbocycles. The van der Waals surface area contributed by atoms with Crippen LogP contribution in [0.15, 0.2) is 42.7 Å². The van der Waals surface area contributed by atoms with Gasteiger partial charge in [-0.2, -0.15) is 5.26 Å². The summed E-state index contributed by atoms with van der Waals surface area (Å²) >= 11 is 0. The molecule has 2 rings (SSSR count). The average molecular weight is 210 g/mol. The highest BCUT2D eigenvalue weighted by atomic mass is 15.0. The third-order valence-corrected chi connectivity index (χ3v) is 2.07. The minimum absolute atomic E-state index is 0.318. The fourth-order valence-electron chi connectivity index (χ4n) is 1.29. The summed E-state index contributed by atoms with van der Waals surface area (Å²) in [6.07, 6.45) is 3.04. The molecule has 1 aromatic heterocycles. The molecule has 0 unspecified atom stereocenters. The Morgan fingerprint density at radius 2 is 2.00 bits per heavy atom. The zero-order valence-electron chi connectivity index (χ0n) is 8.59. The Kier molecular flexibility index (Phi) is 3.10. The van der Waals surface area contributed by atoms with Gasteiger partial charge in [-0.15, -0.1) is 0 Å². The molecule has 0 saturated heterocycles. The number of anilines is 1. The maximum Gasteiger partial charge on any atom is 0.161 e. The third kappa shape index (κ3) is 2.55. The van der Waals surface area contributed by atoms with Crippen LogP contribution in [0.5, 0.6) is 0 Å². The third-order valence-electron chi connectivity index (χ3n) is 2.07. The second-order valence-electron chi connectivity index (χ2n) is 3.24. The summed E-state index contributed by atoms with van der Waals surface area (Å²) in [6, 6.07) is 11.9. The maximum absolute atomic E-state index is 8.67. The number of hydrogen-bond acceptors (Lipinski definition) is 4. The molecule has 16 heavy (non-hydrogen) atoms. The summed E-state index contributed by atoms with van der Waals surface area (Å²) in [5.74, 6) is 0.614. The van der Waals surface area contributed by atoms with Gasteiger partial charge in [0.05, 0.1) is 12.4 Å². The molecule has 0 aliphatic rings. The Labute approximate surface area is 93.6 Å². The summed E-state index contributed by atoms with van der Waals surface area (Å²) in [7, 11) is 0. The second-order valence-corrected chi connectivity index (χ2v) is 3.24. The van der Waals surface area contributed by atoms with E-state index in [2.05, 4.69) is 15.3 Å². The van der Waals surface area contributed by atoms with Crippen molar-refractivity contribution in [2.24, 2.45) is 0 Å². The molecule has 0 atom stereocenters. The van der Waals surface area contributed by atoms with Crippen molar-refractivity contribution >= 4 is 5.82 Å².